The number of carbonyl (C=O) groups is 1. The predicted octanol–water partition coefficient (Wildman–Crippen LogP) is 3.02. The zero-order chi connectivity index (χ0) is 17.4. The highest BCUT2D eigenvalue weighted by Gasteiger charge is 2.21. The molecule has 1 aliphatic carbocycles. The molecule has 0 atom stereocenters. The summed E-state index contributed by atoms with van der Waals surface area (Å²) in [6.07, 6.45) is 4.11. The molecule has 0 saturated carbocycles. The highest BCUT2D eigenvalue weighted by atomic mass is 35.5. The number of aromatic nitrogens is 3. The minimum absolute atomic E-state index is 0.182. The van der Waals surface area contributed by atoms with E-state index in [2.05, 4.69) is 15.6 Å². The Morgan fingerprint density at radius 2 is 2.16 bits per heavy atom. The first-order valence-electron chi connectivity index (χ1n) is 8.05. The molecule has 1 amide bonds. The molecule has 4 rings (SSSR count). The first-order valence-corrected chi connectivity index (χ1v) is 9.25. The zero-order valence-corrected chi connectivity index (χ0v) is 14.9. The molecular formula is C17H15ClN4O2S. The van der Waals surface area contributed by atoms with Crippen molar-refractivity contribution in [3.8, 4) is 0 Å². The zero-order valence-electron chi connectivity index (χ0n) is 13.3. The van der Waals surface area contributed by atoms with Crippen LogP contribution in [0.25, 0.3) is 10.2 Å². The molecule has 0 fully saturated rings. The topological polar surface area (TPSA) is 76.9 Å². The summed E-state index contributed by atoms with van der Waals surface area (Å²) in [5.41, 5.74) is 1.42. The van der Waals surface area contributed by atoms with Gasteiger partial charge >= 0.3 is 0 Å². The van der Waals surface area contributed by atoms with Crippen molar-refractivity contribution in [2.75, 3.05) is 5.32 Å². The van der Waals surface area contributed by atoms with E-state index in [1.165, 1.54) is 4.88 Å². The van der Waals surface area contributed by atoms with Gasteiger partial charge in [-0.25, -0.2) is 4.68 Å². The molecule has 25 heavy (non-hydrogen) atoms. The molecule has 2 heterocycles. The molecule has 0 unspecified atom stereocenters. The van der Waals surface area contributed by atoms with Gasteiger partial charge in [-0.3, -0.25) is 9.59 Å². The minimum atomic E-state index is -0.345. The lowest BCUT2D eigenvalue weighted by Crippen LogP contribution is -2.30. The van der Waals surface area contributed by atoms with Gasteiger partial charge in [0.1, 0.15) is 6.54 Å². The number of halogens is 1. The number of carbonyl (C=O) groups excluding carboxylic acids is 1. The molecule has 0 bridgehead atoms. The van der Waals surface area contributed by atoms with Gasteiger partial charge in [0.2, 0.25) is 5.91 Å². The molecule has 0 aliphatic heterocycles. The molecule has 2 aromatic heterocycles. The molecule has 1 N–H and O–H groups in total. The van der Waals surface area contributed by atoms with Crippen molar-refractivity contribution in [2.45, 2.75) is 32.2 Å². The van der Waals surface area contributed by atoms with E-state index in [0.717, 1.165) is 35.9 Å². The Morgan fingerprint density at radius 1 is 1.32 bits per heavy atom. The molecule has 128 valence electrons. The molecule has 0 spiro atoms. The number of aryl methyl sites for hydroxylation is 2. The average Bonchev–Trinajstić information content (AvgIpc) is 2.96. The molecule has 1 aliphatic rings. The monoisotopic (exact) mass is 374 g/mol. The van der Waals surface area contributed by atoms with Crippen LogP contribution >= 0.6 is 22.9 Å². The van der Waals surface area contributed by atoms with E-state index in [9.17, 15) is 9.59 Å². The Morgan fingerprint density at radius 3 is 3.00 bits per heavy atom. The second-order valence-corrected chi connectivity index (χ2v) is 7.52. The fraction of sp³-hybridized carbons (Fsp3) is 0.294. The van der Waals surface area contributed by atoms with Crippen LogP contribution in [-0.2, 0) is 24.2 Å². The van der Waals surface area contributed by atoms with Gasteiger partial charge in [0.25, 0.3) is 5.56 Å². The summed E-state index contributed by atoms with van der Waals surface area (Å²) in [6, 6.07) is 6.84. The van der Waals surface area contributed by atoms with Gasteiger partial charge in [0.15, 0.2) is 4.83 Å². The highest BCUT2D eigenvalue weighted by molar-refractivity contribution is 7.18. The summed E-state index contributed by atoms with van der Waals surface area (Å²) in [4.78, 5) is 26.9. The third-order valence-electron chi connectivity index (χ3n) is 4.25. The van der Waals surface area contributed by atoms with Crippen molar-refractivity contribution < 1.29 is 4.79 Å². The number of thiophene rings is 1. The first kappa shape index (κ1) is 16.2. The number of amides is 1. The van der Waals surface area contributed by atoms with E-state index in [1.54, 1.807) is 35.6 Å². The van der Waals surface area contributed by atoms with Crippen LogP contribution in [0, 0.1) is 0 Å². The van der Waals surface area contributed by atoms with Gasteiger partial charge in [0.05, 0.1) is 5.39 Å². The van der Waals surface area contributed by atoms with Crippen molar-refractivity contribution in [2.24, 2.45) is 0 Å². The maximum absolute atomic E-state index is 12.8. The number of hydrogen-bond donors (Lipinski definition) is 1. The van der Waals surface area contributed by atoms with E-state index in [-0.39, 0.29) is 18.0 Å². The lowest BCUT2D eigenvalue weighted by atomic mass is 9.97. The summed E-state index contributed by atoms with van der Waals surface area (Å²) in [5.74, 6) is -0.345. The molecule has 0 radical (unpaired) electrons. The van der Waals surface area contributed by atoms with Crippen molar-refractivity contribution in [3.05, 3.63) is 50.1 Å². The molecule has 6 nitrogen and oxygen atoms in total. The van der Waals surface area contributed by atoms with Crippen molar-refractivity contribution >= 4 is 44.7 Å². The largest absolute Gasteiger partial charge is 0.324 e. The van der Waals surface area contributed by atoms with Gasteiger partial charge in [-0.05, 0) is 49.4 Å². The van der Waals surface area contributed by atoms with Crippen LogP contribution in [0.2, 0.25) is 5.02 Å². The molecule has 0 saturated heterocycles. The van der Waals surface area contributed by atoms with Crippen LogP contribution in [0.15, 0.2) is 29.1 Å². The summed E-state index contributed by atoms with van der Waals surface area (Å²) < 4.78 is 1.13. The van der Waals surface area contributed by atoms with E-state index in [1.807, 2.05) is 0 Å². The summed E-state index contributed by atoms with van der Waals surface area (Å²) in [6.45, 7) is -0.182. The quantitative estimate of drug-likeness (QED) is 0.764. The van der Waals surface area contributed by atoms with Crippen LogP contribution in [0.1, 0.15) is 23.3 Å². The third-order valence-corrected chi connectivity index (χ3v) is 5.66. The van der Waals surface area contributed by atoms with E-state index < -0.39 is 0 Å². The second-order valence-electron chi connectivity index (χ2n) is 6.00. The minimum Gasteiger partial charge on any atom is -0.324 e. The molecule has 1 aromatic carbocycles. The van der Waals surface area contributed by atoms with Crippen molar-refractivity contribution in [1.29, 1.82) is 0 Å². The van der Waals surface area contributed by atoms with Crippen LogP contribution in [-0.4, -0.2) is 20.9 Å². The van der Waals surface area contributed by atoms with Gasteiger partial charge in [0, 0.05) is 15.6 Å². The summed E-state index contributed by atoms with van der Waals surface area (Å²) in [5, 5.41) is 12.0. The van der Waals surface area contributed by atoms with Crippen LogP contribution in [0.5, 0.6) is 0 Å². The number of benzene rings is 1. The van der Waals surface area contributed by atoms with E-state index in [0.29, 0.717) is 20.9 Å². The SMILES string of the molecule is O=C(Cn1nnc2sc3c(c2c1=O)CCCC3)Nc1cccc(Cl)c1. The van der Waals surface area contributed by atoms with E-state index >= 15 is 0 Å². The van der Waals surface area contributed by atoms with Gasteiger partial charge in [-0.15, -0.1) is 16.4 Å². The number of nitrogens with one attached hydrogen (secondary N) is 1. The Labute approximate surface area is 152 Å². The van der Waals surface area contributed by atoms with Crippen molar-refractivity contribution in [1.82, 2.24) is 15.0 Å². The average molecular weight is 375 g/mol. The summed E-state index contributed by atoms with van der Waals surface area (Å²) in [7, 11) is 0. The smallest absolute Gasteiger partial charge is 0.279 e. The molecule has 3 aromatic rings. The fourth-order valence-corrected chi connectivity index (χ4v) is 4.50. The van der Waals surface area contributed by atoms with Gasteiger partial charge in [-0.1, -0.05) is 22.9 Å². The predicted molar refractivity (Wildman–Crippen MR) is 98.4 cm³/mol. The first-order chi connectivity index (χ1) is 12.1. The number of hydrogen-bond acceptors (Lipinski definition) is 5. The number of rotatable bonds is 3. The highest BCUT2D eigenvalue weighted by Crippen LogP contribution is 2.33. The Balaban J connectivity index is 1.62. The second kappa shape index (κ2) is 6.57. The maximum Gasteiger partial charge on any atom is 0.279 e. The molecular weight excluding hydrogens is 360 g/mol. The lowest BCUT2D eigenvalue weighted by molar-refractivity contribution is -0.117. The fourth-order valence-electron chi connectivity index (χ4n) is 3.11. The Bertz CT molecular complexity index is 1030. The normalized spacial score (nSPS) is 13.6. The Kier molecular flexibility index (Phi) is 4.27. The molecule has 8 heteroatoms. The summed E-state index contributed by atoms with van der Waals surface area (Å²) >= 11 is 7.45. The number of anilines is 1. The third kappa shape index (κ3) is 3.17. The lowest BCUT2D eigenvalue weighted by Gasteiger charge is -2.10. The van der Waals surface area contributed by atoms with Gasteiger partial charge in [-0.2, -0.15) is 0 Å². The standard InChI is InChI=1S/C17H15ClN4O2S/c18-10-4-3-5-11(8-10)19-14(23)9-22-17(24)15-12-6-1-2-7-13(12)25-16(15)20-21-22/h3-5,8H,1-2,6-7,9H2,(H,19,23). The van der Waals surface area contributed by atoms with Crippen LogP contribution in [0.3, 0.4) is 0 Å². The van der Waals surface area contributed by atoms with Gasteiger partial charge < -0.3 is 5.32 Å². The maximum atomic E-state index is 12.8. The number of fused-ring (bicyclic) bond motifs is 3. The van der Waals surface area contributed by atoms with Crippen LogP contribution in [0.4, 0.5) is 5.69 Å². The van der Waals surface area contributed by atoms with E-state index in [4.69, 9.17) is 11.6 Å². The van der Waals surface area contributed by atoms with Crippen LogP contribution < -0.4 is 10.9 Å². The van der Waals surface area contributed by atoms with Crippen molar-refractivity contribution in [3.63, 3.8) is 0 Å². The Hall–Kier alpha value is -2.25. The number of nitrogens with zero attached hydrogens (tertiary/aromatic N) is 3.